The molecule has 0 heterocycles. The lowest BCUT2D eigenvalue weighted by Crippen LogP contribution is -1.77. The first-order valence-electron chi connectivity index (χ1n) is 5.42. The van der Waals surface area contributed by atoms with Gasteiger partial charge in [-0.1, -0.05) is 65.2 Å². The summed E-state index contributed by atoms with van der Waals surface area (Å²) in [5, 5.41) is 1.15. The summed E-state index contributed by atoms with van der Waals surface area (Å²) in [5.74, 6) is 0. The van der Waals surface area contributed by atoms with Crippen LogP contribution in [0.1, 0.15) is 39.0 Å². The van der Waals surface area contributed by atoms with E-state index >= 15 is 0 Å². The summed E-state index contributed by atoms with van der Waals surface area (Å²) in [7, 11) is 0. The summed E-state index contributed by atoms with van der Waals surface area (Å²) in [6.45, 7) is 2.03. The Morgan fingerprint density at radius 3 is 2.29 bits per heavy atom. The van der Waals surface area contributed by atoms with Crippen molar-refractivity contribution < 1.29 is 0 Å². The van der Waals surface area contributed by atoms with E-state index in [1.165, 1.54) is 32.1 Å². The number of alkyl halides is 1. The minimum atomic E-state index is 1.15. The Morgan fingerprint density at radius 2 is 1.57 bits per heavy atom. The van der Waals surface area contributed by atoms with Crippen LogP contribution in [0.3, 0.4) is 0 Å². The molecule has 0 spiro atoms. The minimum Gasteiger partial charge on any atom is -0.0928 e. The van der Waals surface area contributed by atoms with E-state index in [2.05, 4.69) is 40.2 Å². The quantitative estimate of drug-likeness (QED) is 0.325. The third-order valence-corrected chi connectivity index (χ3v) is 2.48. The maximum absolute atomic E-state index is 3.44. The largest absolute Gasteiger partial charge is 0.0928 e. The number of rotatable bonds is 8. The minimum absolute atomic E-state index is 1.15. The first-order valence-corrected chi connectivity index (χ1v) is 6.54. The van der Waals surface area contributed by atoms with Gasteiger partial charge >= 0.3 is 0 Å². The molecular weight excluding hydrogens is 236 g/mol. The fourth-order valence-corrected chi connectivity index (χ4v) is 1.52. The van der Waals surface area contributed by atoms with Gasteiger partial charge in [-0.2, -0.15) is 0 Å². The molecule has 0 nitrogen and oxygen atoms in total. The SMILES string of the molecule is C/C=C/C=CC=CCCCCCCBr. The highest BCUT2D eigenvalue weighted by atomic mass is 79.9. The highest BCUT2D eigenvalue weighted by Crippen LogP contribution is 2.04. The van der Waals surface area contributed by atoms with Crippen LogP contribution in [-0.2, 0) is 0 Å². The fraction of sp³-hybridized carbons (Fsp3) is 0.538. The molecule has 0 saturated heterocycles. The standard InChI is InChI=1S/C13H21Br/c1-2-3-4-5-6-7-8-9-10-11-12-13-14/h2-7H,8-13H2,1H3/b3-2+,5-4?,7-6?. The molecule has 0 fully saturated rings. The van der Waals surface area contributed by atoms with Gasteiger partial charge in [0.25, 0.3) is 0 Å². The molecule has 0 bridgehead atoms. The second-order valence-corrected chi connectivity index (χ2v) is 4.02. The fourth-order valence-electron chi connectivity index (χ4n) is 1.12. The van der Waals surface area contributed by atoms with Gasteiger partial charge in [0, 0.05) is 5.33 Å². The molecule has 1 heteroatoms. The van der Waals surface area contributed by atoms with E-state index in [0.717, 1.165) is 5.33 Å². The Balaban J connectivity index is 3.18. The Hall–Kier alpha value is -0.300. The van der Waals surface area contributed by atoms with E-state index in [4.69, 9.17) is 0 Å². The molecule has 0 radical (unpaired) electrons. The molecule has 80 valence electrons. The molecule has 0 aromatic heterocycles. The van der Waals surface area contributed by atoms with E-state index in [1.807, 2.05) is 19.1 Å². The zero-order chi connectivity index (χ0) is 10.5. The van der Waals surface area contributed by atoms with Crippen molar-refractivity contribution in [2.45, 2.75) is 39.0 Å². The van der Waals surface area contributed by atoms with Gasteiger partial charge in [-0.05, 0) is 26.2 Å². The molecular formula is C13H21Br. The van der Waals surface area contributed by atoms with Crippen LogP contribution in [0, 0.1) is 0 Å². The zero-order valence-electron chi connectivity index (χ0n) is 9.08. The highest BCUT2D eigenvalue weighted by molar-refractivity contribution is 9.09. The smallest absolute Gasteiger partial charge is 0.00313 e. The highest BCUT2D eigenvalue weighted by Gasteiger charge is 1.85. The molecule has 0 amide bonds. The van der Waals surface area contributed by atoms with Crippen molar-refractivity contribution in [1.82, 2.24) is 0 Å². The van der Waals surface area contributed by atoms with Crippen molar-refractivity contribution >= 4 is 15.9 Å². The predicted molar refractivity (Wildman–Crippen MR) is 70.0 cm³/mol. The number of allylic oxidation sites excluding steroid dienone is 6. The van der Waals surface area contributed by atoms with Crippen molar-refractivity contribution in [2.75, 3.05) is 5.33 Å². The number of hydrogen-bond acceptors (Lipinski definition) is 0. The van der Waals surface area contributed by atoms with Gasteiger partial charge in [0.15, 0.2) is 0 Å². The monoisotopic (exact) mass is 256 g/mol. The molecule has 0 aromatic rings. The Morgan fingerprint density at radius 1 is 0.857 bits per heavy atom. The van der Waals surface area contributed by atoms with E-state index < -0.39 is 0 Å². The van der Waals surface area contributed by atoms with Gasteiger partial charge in [0.1, 0.15) is 0 Å². The summed E-state index contributed by atoms with van der Waals surface area (Å²) in [5.41, 5.74) is 0. The van der Waals surface area contributed by atoms with Crippen LogP contribution in [0.4, 0.5) is 0 Å². The van der Waals surface area contributed by atoms with Crippen LogP contribution in [0.25, 0.3) is 0 Å². The third-order valence-electron chi connectivity index (χ3n) is 1.92. The van der Waals surface area contributed by atoms with Crippen LogP contribution in [0.2, 0.25) is 0 Å². The van der Waals surface area contributed by atoms with Gasteiger partial charge in [-0.25, -0.2) is 0 Å². The van der Waals surface area contributed by atoms with Crippen molar-refractivity contribution in [3.05, 3.63) is 36.5 Å². The van der Waals surface area contributed by atoms with Crippen molar-refractivity contribution in [1.29, 1.82) is 0 Å². The molecule has 0 aliphatic carbocycles. The first kappa shape index (κ1) is 13.7. The summed E-state index contributed by atoms with van der Waals surface area (Å²) < 4.78 is 0. The van der Waals surface area contributed by atoms with Crippen molar-refractivity contribution in [3.8, 4) is 0 Å². The second kappa shape index (κ2) is 12.7. The van der Waals surface area contributed by atoms with Gasteiger partial charge in [-0.3, -0.25) is 0 Å². The molecule has 0 rings (SSSR count). The lowest BCUT2D eigenvalue weighted by atomic mass is 10.1. The molecule has 14 heavy (non-hydrogen) atoms. The normalized spacial score (nSPS) is 12.4. The predicted octanol–water partition coefficient (Wildman–Crippen LogP) is 5.02. The van der Waals surface area contributed by atoms with Gasteiger partial charge in [0.2, 0.25) is 0 Å². The van der Waals surface area contributed by atoms with E-state index in [-0.39, 0.29) is 0 Å². The maximum atomic E-state index is 3.44. The van der Waals surface area contributed by atoms with Gasteiger partial charge in [0.05, 0.1) is 0 Å². The topological polar surface area (TPSA) is 0 Å². The third kappa shape index (κ3) is 11.7. The van der Waals surface area contributed by atoms with Crippen LogP contribution in [0.15, 0.2) is 36.5 Å². The van der Waals surface area contributed by atoms with Gasteiger partial charge in [-0.15, -0.1) is 0 Å². The summed E-state index contributed by atoms with van der Waals surface area (Å²) in [6, 6.07) is 0. The average molecular weight is 257 g/mol. The van der Waals surface area contributed by atoms with Crippen LogP contribution >= 0.6 is 15.9 Å². The molecule has 0 aromatic carbocycles. The van der Waals surface area contributed by atoms with E-state index in [9.17, 15) is 0 Å². The van der Waals surface area contributed by atoms with E-state index in [1.54, 1.807) is 0 Å². The average Bonchev–Trinajstić information content (AvgIpc) is 2.21. The second-order valence-electron chi connectivity index (χ2n) is 3.23. The molecule has 0 aliphatic heterocycles. The summed E-state index contributed by atoms with van der Waals surface area (Å²) in [6.07, 6.45) is 19.1. The Labute approximate surface area is 96.9 Å². The molecule has 0 aliphatic rings. The summed E-state index contributed by atoms with van der Waals surface area (Å²) in [4.78, 5) is 0. The zero-order valence-corrected chi connectivity index (χ0v) is 10.7. The Bertz CT molecular complexity index is 178. The summed E-state index contributed by atoms with van der Waals surface area (Å²) >= 11 is 3.44. The Kier molecular flexibility index (Phi) is 12.4. The molecule has 0 saturated carbocycles. The number of hydrogen-bond donors (Lipinski definition) is 0. The van der Waals surface area contributed by atoms with Crippen LogP contribution in [0.5, 0.6) is 0 Å². The number of halogens is 1. The van der Waals surface area contributed by atoms with Crippen LogP contribution < -0.4 is 0 Å². The number of unbranched alkanes of at least 4 members (excludes halogenated alkanes) is 4. The maximum Gasteiger partial charge on any atom is 0.00313 e. The van der Waals surface area contributed by atoms with Crippen LogP contribution in [-0.4, -0.2) is 5.33 Å². The lowest BCUT2D eigenvalue weighted by molar-refractivity contribution is 0.679. The van der Waals surface area contributed by atoms with Crippen molar-refractivity contribution in [2.24, 2.45) is 0 Å². The lowest BCUT2D eigenvalue weighted by Gasteiger charge is -1.94. The van der Waals surface area contributed by atoms with Gasteiger partial charge < -0.3 is 0 Å². The molecule has 0 unspecified atom stereocenters. The first-order chi connectivity index (χ1) is 6.91. The van der Waals surface area contributed by atoms with Crippen molar-refractivity contribution in [3.63, 3.8) is 0 Å². The van der Waals surface area contributed by atoms with E-state index in [0.29, 0.717) is 0 Å². The molecule has 0 atom stereocenters. The molecule has 0 N–H and O–H groups in total.